The Hall–Kier alpha value is -2.69. The summed E-state index contributed by atoms with van der Waals surface area (Å²) < 4.78 is 0. The number of rotatable bonds is 6. The SMILES string of the molecule is Cc1cccc(NC(=O)[C@H](NC(=O)c2ccc(C34CC5CC(CC(C5)C3)C4)cc2)C(C)C)n1. The predicted octanol–water partition coefficient (Wildman–Crippen LogP) is 5.25. The molecule has 4 fully saturated rings. The molecule has 0 aliphatic heterocycles. The zero-order valence-electron chi connectivity index (χ0n) is 19.9. The van der Waals surface area contributed by atoms with Crippen molar-refractivity contribution < 1.29 is 9.59 Å². The van der Waals surface area contributed by atoms with E-state index in [1.165, 1.54) is 44.1 Å². The molecule has 6 rings (SSSR count). The van der Waals surface area contributed by atoms with E-state index in [0.717, 1.165) is 23.4 Å². The molecule has 2 N–H and O–H groups in total. The molecule has 0 unspecified atom stereocenters. The van der Waals surface area contributed by atoms with Gasteiger partial charge in [-0.25, -0.2) is 4.98 Å². The largest absolute Gasteiger partial charge is 0.340 e. The standard InChI is InChI=1S/C28H35N3O2/c1-17(2)25(27(33)30-24-6-4-5-18(3)29-24)31-26(32)22-7-9-23(10-8-22)28-14-19-11-20(15-28)13-21(12-19)16-28/h4-10,17,19-21,25H,11-16H2,1-3H3,(H,31,32)(H,29,30,33)/t19?,20?,21?,25-,28?/m1/s1. The van der Waals surface area contributed by atoms with E-state index < -0.39 is 6.04 Å². The molecule has 0 spiro atoms. The van der Waals surface area contributed by atoms with Crippen molar-refractivity contribution in [2.24, 2.45) is 23.7 Å². The van der Waals surface area contributed by atoms with E-state index in [9.17, 15) is 9.59 Å². The molecule has 4 saturated carbocycles. The molecule has 5 nitrogen and oxygen atoms in total. The van der Waals surface area contributed by atoms with Crippen molar-refractivity contribution in [2.75, 3.05) is 5.32 Å². The van der Waals surface area contributed by atoms with Crippen LogP contribution in [0.3, 0.4) is 0 Å². The minimum absolute atomic E-state index is 0.0509. The topological polar surface area (TPSA) is 71.1 Å². The van der Waals surface area contributed by atoms with E-state index in [1.807, 2.05) is 45.0 Å². The summed E-state index contributed by atoms with van der Waals surface area (Å²) in [5.41, 5.74) is 3.17. The van der Waals surface area contributed by atoms with E-state index >= 15 is 0 Å². The van der Waals surface area contributed by atoms with Crippen molar-refractivity contribution >= 4 is 17.6 Å². The second kappa shape index (κ2) is 8.58. The Bertz CT molecular complexity index is 1010. The minimum Gasteiger partial charge on any atom is -0.340 e. The van der Waals surface area contributed by atoms with Crippen LogP contribution >= 0.6 is 0 Å². The lowest BCUT2D eigenvalue weighted by molar-refractivity contribution is -0.118. The Morgan fingerprint density at radius 1 is 0.939 bits per heavy atom. The van der Waals surface area contributed by atoms with E-state index in [-0.39, 0.29) is 17.7 Å². The van der Waals surface area contributed by atoms with Crippen LogP contribution in [0.4, 0.5) is 5.82 Å². The molecule has 1 aromatic heterocycles. The first-order valence-corrected chi connectivity index (χ1v) is 12.5. The number of hydrogen-bond acceptors (Lipinski definition) is 3. The van der Waals surface area contributed by atoms with Crippen LogP contribution in [-0.4, -0.2) is 22.8 Å². The second-order valence-electron chi connectivity index (χ2n) is 11.1. The van der Waals surface area contributed by atoms with Crippen molar-refractivity contribution in [1.29, 1.82) is 0 Å². The quantitative estimate of drug-likeness (QED) is 0.638. The average molecular weight is 446 g/mol. The minimum atomic E-state index is -0.636. The number of nitrogens with zero attached hydrogens (tertiary/aromatic N) is 1. The Kier molecular flexibility index (Phi) is 5.75. The highest BCUT2D eigenvalue weighted by Crippen LogP contribution is 2.60. The molecule has 174 valence electrons. The Morgan fingerprint density at radius 3 is 2.09 bits per heavy atom. The van der Waals surface area contributed by atoms with Crippen molar-refractivity contribution in [1.82, 2.24) is 10.3 Å². The van der Waals surface area contributed by atoms with Crippen LogP contribution < -0.4 is 10.6 Å². The van der Waals surface area contributed by atoms with Crippen LogP contribution in [0.1, 0.15) is 74.0 Å². The third-order valence-electron chi connectivity index (χ3n) is 8.17. The molecule has 4 aliphatic carbocycles. The van der Waals surface area contributed by atoms with Crippen molar-refractivity contribution in [2.45, 2.75) is 70.8 Å². The number of nitrogens with one attached hydrogen (secondary N) is 2. The number of anilines is 1. The first-order valence-electron chi connectivity index (χ1n) is 12.5. The van der Waals surface area contributed by atoms with Crippen molar-refractivity contribution in [3.63, 3.8) is 0 Å². The first-order chi connectivity index (χ1) is 15.8. The molecule has 0 saturated heterocycles. The van der Waals surface area contributed by atoms with Gasteiger partial charge in [-0.1, -0.05) is 32.0 Å². The third kappa shape index (κ3) is 4.42. The lowest BCUT2D eigenvalue weighted by Gasteiger charge is -2.57. The van der Waals surface area contributed by atoms with Crippen molar-refractivity contribution in [3.8, 4) is 0 Å². The van der Waals surface area contributed by atoms with Crippen LogP contribution in [0.2, 0.25) is 0 Å². The number of hydrogen-bond donors (Lipinski definition) is 2. The van der Waals surface area contributed by atoms with E-state index in [2.05, 4.69) is 27.8 Å². The van der Waals surface area contributed by atoms with Crippen LogP contribution in [0, 0.1) is 30.6 Å². The summed E-state index contributed by atoms with van der Waals surface area (Å²) in [6.45, 7) is 5.75. The highest BCUT2D eigenvalue weighted by molar-refractivity contribution is 6.01. The molecule has 1 aromatic carbocycles. The van der Waals surface area contributed by atoms with Gasteiger partial charge in [-0.2, -0.15) is 0 Å². The lowest BCUT2D eigenvalue weighted by atomic mass is 9.48. The molecule has 4 bridgehead atoms. The molecule has 2 amide bonds. The number of carbonyl (C=O) groups excluding carboxylic acids is 2. The van der Waals surface area contributed by atoms with E-state index in [1.54, 1.807) is 6.07 Å². The van der Waals surface area contributed by atoms with Gasteiger partial charge in [0.2, 0.25) is 5.91 Å². The van der Waals surface area contributed by atoms with Gasteiger partial charge in [0.05, 0.1) is 0 Å². The Labute approximate surface area is 196 Å². The maximum atomic E-state index is 13.0. The highest BCUT2D eigenvalue weighted by atomic mass is 16.2. The molecule has 1 atom stereocenters. The molecule has 0 radical (unpaired) electrons. The van der Waals surface area contributed by atoms with Gasteiger partial charge in [0.15, 0.2) is 0 Å². The van der Waals surface area contributed by atoms with Gasteiger partial charge < -0.3 is 10.6 Å². The number of benzene rings is 1. The summed E-state index contributed by atoms with van der Waals surface area (Å²) in [5, 5.41) is 5.78. The number of pyridine rings is 1. The maximum Gasteiger partial charge on any atom is 0.251 e. The summed E-state index contributed by atoms with van der Waals surface area (Å²) in [4.78, 5) is 30.2. The smallest absolute Gasteiger partial charge is 0.251 e. The van der Waals surface area contributed by atoms with Gasteiger partial charge in [0.25, 0.3) is 5.91 Å². The summed E-state index contributed by atoms with van der Waals surface area (Å²) >= 11 is 0. The molecule has 5 heteroatoms. The second-order valence-corrected chi connectivity index (χ2v) is 11.1. The summed E-state index contributed by atoms with van der Waals surface area (Å²) in [5.74, 6) is 2.68. The van der Waals surface area contributed by atoms with Gasteiger partial charge in [0, 0.05) is 11.3 Å². The molecule has 1 heterocycles. The Balaban J connectivity index is 1.27. The average Bonchev–Trinajstić information content (AvgIpc) is 2.76. The monoisotopic (exact) mass is 445 g/mol. The normalized spacial score (nSPS) is 28.5. The maximum absolute atomic E-state index is 13.0. The fraction of sp³-hybridized carbons (Fsp3) is 0.536. The molecular weight excluding hydrogens is 410 g/mol. The van der Waals surface area contributed by atoms with Crippen LogP contribution in [0.25, 0.3) is 0 Å². The summed E-state index contributed by atoms with van der Waals surface area (Å²) in [6, 6.07) is 13.1. The summed E-state index contributed by atoms with van der Waals surface area (Å²) in [6.07, 6.45) is 8.22. The fourth-order valence-corrected chi connectivity index (χ4v) is 7.02. The number of amides is 2. The zero-order chi connectivity index (χ0) is 23.2. The first kappa shape index (κ1) is 22.1. The van der Waals surface area contributed by atoms with Crippen LogP contribution in [0.5, 0.6) is 0 Å². The number of aromatic nitrogens is 1. The Morgan fingerprint density at radius 2 is 1.55 bits per heavy atom. The molecular formula is C28H35N3O2. The van der Waals surface area contributed by atoms with Gasteiger partial charge in [-0.15, -0.1) is 0 Å². The number of aryl methyl sites for hydroxylation is 1. The van der Waals surface area contributed by atoms with Gasteiger partial charge in [0.1, 0.15) is 11.9 Å². The molecule has 4 aliphatic rings. The van der Waals surface area contributed by atoms with E-state index in [4.69, 9.17) is 0 Å². The highest BCUT2D eigenvalue weighted by Gasteiger charge is 2.51. The van der Waals surface area contributed by atoms with E-state index in [0.29, 0.717) is 16.8 Å². The fourth-order valence-electron chi connectivity index (χ4n) is 7.02. The van der Waals surface area contributed by atoms with Crippen molar-refractivity contribution in [3.05, 3.63) is 59.3 Å². The van der Waals surface area contributed by atoms with Gasteiger partial charge in [-0.05, 0) is 104 Å². The summed E-state index contributed by atoms with van der Waals surface area (Å²) in [7, 11) is 0. The van der Waals surface area contributed by atoms with Gasteiger partial charge in [-0.3, -0.25) is 9.59 Å². The van der Waals surface area contributed by atoms with Crippen LogP contribution in [0.15, 0.2) is 42.5 Å². The molecule has 33 heavy (non-hydrogen) atoms. The zero-order valence-corrected chi connectivity index (χ0v) is 19.9. The number of carbonyl (C=O) groups is 2. The molecule has 2 aromatic rings. The lowest BCUT2D eigenvalue weighted by Crippen LogP contribution is -2.48. The van der Waals surface area contributed by atoms with Gasteiger partial charge >= 0.3 is 0 Å². The predicted molar refractivity (Wildman–Crippen MR) is 130 cm³/mol. The third-order valence-corrected chi connectivity index (χ3v) is 8.17. The van der Waals surface area contributed by atoms with Crippen LogP contribution in [-0.2, 0) is 10.2 Å².